The summed E-state index contributed by atoms with van der Waals surface area (Å²) >= 11 is 4.10. The molecule has 0 radical (unpaired) electrons. The number of carboxylic acids is 1. The molecule has 0 spiro atoms. The van der Waals surface area contributed by atoms with E-state index in [0.29, 0.717) is 12.1 Å². The fraction of sp³-hybridized carbons (Fsp3) is 0.385. The van der Waals surface area contributed by atoms with Crippen LogP contribution in [0, 0.1) is 7.14 Å². The number of benzene rings is 1. The molecule has 6 heteroatoms. The van der Waals surface area contributed by atoms with Gasteiger partial charge in [-0.05, 0) is 63.7 Å². The lowest BCUT2D eigenvalue weighted by Gasteiger charge is -2.11. The van der Waals surface area contributed by atoms with Gasteiger partial charge in [0.1, 0.15) is 0 Å². The Morgan fingerprint density at radius 1 is 1.26 bits per heavy atom. The van der Waals surface area contributed by atoms with Gasteiger partial charge in [-0.25, -0.2) is 4.79 Å². The first-order valence-corrected chi connectivity index (χ1v) is 8.13. The molecule has 0 saturated carbocycles. The van der Waals surface area contributed by atoms with E-state index in [4.69, 9.17) is 0 Å². The molecular formula is C13H15I2NO3. The number of aromatic carboxylic acids is 1. The normalized spacial score (nSPS) is 10.3. The number of amides is 1. The summed E-state index contributed by atoms with van der Waals surface area (Å²) < 4.78 is 1.58. The van der Waals surface area contributed by atoms with E-state index in [0.717, 1.165) is 26.4 Å². The number of hydrogen-bond acceptors (Lipinski definition) is 2. The van der Waals surface area contributed by atoms with Crippen molar-refractivity contribution >= 4 is 62.7 Å². The molecule has 0 aliphatic rings. The number of hydrogen-bond donors (Lipinski definition) is 2. The molecule has 0 aliphatic carbocycles. The molecular weight excluding hydrogens is 472 g/mol. The zero-order valence-electron chi connectivity index (χ0n) is 10.5. The standard InChI is InChI=1S/C13H15I2NO3/c1-2-3-4-5-11(17)16-12-9(13(18)19)6-8(14)7-10(12)15/h6-7H,2-5H2,1H3,(H,16,17)(H,18,19). The van der Waals surface area contributed by atoms with Crippen LogP contribution in [0.25, 0.3) is 0 Å². The molecule has 0 aliphatic heterocycles. The van der Waals surface area contributed by atoms with E-state index in [9.17, 15) is 14.7 Å². The summed E-state index contributed by atoms with van der Waals surface area (Å²) in [6, 6.07) is 3.40. The lowest BCUT2D eigenvalue weighted by Crippen LogP contribution is -2.15. The Morgan fingerprint density at radius 2 is 1.95 bits per heavy atom. The maximum absolute atomic E-state index is 11.8. The minimum Gasteiger partial charge on any atom is -0.478 e. The molecule has 0 unspecified atom stereocenters. The first-order valence-electron chi connectivity index (χ1n) is 5.98. The van der Waals surface area contributed by atoms with Crippen molar-refractivity contribution in [2.24, 2.45) is 0 Å². The van der Waals surface area contributed by atoms with E-state index in [-0.39, 0.29) is 11.5 Å². The fourth-order valence-corrected chi connectivity index (χ4v) is 3.59. The lowest BCUT2D eigenvalue weighted by molar-refractivity contribution is -0.116. The minimum absolute atomic E-state index is 0.130. The maximum Gasteiger partial charge on any atom is 0.337 e. The Bertz CT molecular complexity index is 489. The monoisotopic (exact) mass is 487 g/mol. The van der Waals surface area contributed by atoms with Gasteiger partial charge in [0.05, 0.1) is 11.3 Å². The van der Waals surface area contributed by atoms with Crippen molar-refractivity contribution in [2.45, 2.75) is 32.6 Å². The third-order valence-electron chi connectivity index (χ3n) is 2.56. The molecule has 2 N–H and O–H groups in total. The van der Waals surface area contributed by atoms with E-state index < -0.39 is 5.97 Å². The SMILES string of the molecule is CCCCCC(=O)Nc1c(I)cc(I)cc1C(=O)O. The number of halogens is 2. The molecule has 0 fully saturated rings. The highest BCUT2D eigenvalue weighted by Gasteiger charge is 2.16. The van der Waals surface area contributed by atoms with Gasteiger partial charge in [-0.15, -0.1) is 0 Å². The summed E-state index contributed by atoms with van der Waals surface area (Å²) in [5.74, 6) is -1.16. The van der Waals surface area contributed by atoms with Crippen molar-refractivity contribution in [1.82, 2.24) is 0 Å². The van der Waals surface area contributed by atoms with Crippen LogP contribution in [0.2, 0.25) is 0 Å². The van der Waals surface area contributed by atoms with E-state index >= 15 is 0 Å². The van der Waals surface area contributed by atoms with Crippen LogP contribution in [0.1, 0.15) is 43.0 Å². The first-order chi connectivity index (χ1) is 8.95. The summed E-state index contributed by atoms with van der Waals surface area (Å²) in [6.07, 6.45) is 3.30. The molecule has 0 bridgehead atoms. The molecule has 104 valence electrons. The fourth-order valence-electron chi connectivity index (χ4n) is 1.61. The molecule has 0 saturated heterocycles. The second-order valence-corrected chi connectivity index (χ2v) is 6.53. The highest BCUT2D eigenvalue weighted by molar-refractivity contribution is 14.1. The third-order valence-corrected chi connectivity index (χ3v) is 4.03. The average molecular weight is 487 g/mol. The van der Waals surface area contributed by atoms with Crippen molar-refractivity contribution < 1.29 is 14.7 Å². The van der Waals surface area contributed by atoms with Crippen LogP contribution in [-0.2, 0) is 4.79 Å². The second kappa shape index (κ2) is 8.03. The number of rotatable bonds is 6. The summed E-state index contributed by atoms with van der Waals surface area (Å²) in [4.78, 5) is 23.0. The van der Waals surface area contributed by atoms with Gasteiger partial charge in [-0.1, -0.05) is 19.8 Å². The molecule has 4 nitrogen and oxygen atoms in total. The van der Waals surface area contributed by atoms with Gasteiger partial charge >= 0.3 is 5.97 Å². The number of anilines is 1. The van der Waals surface area contributed by atoms with Crippen molar-refractivity contribution in [3.05, 3.63) is 24.8 Å². The van der Waals surface area contributed by atoms with Gasteiger partial charge in [0.15, 0.2) is 0 Å². The van der Waals surface area contributed by atoms with Gasteiger partial charge in [-0.3, -0.25) is 4.79 Å². The van der Waals surface area contributed by atoms with Crippen LogP contribution in [0.3, 0.4) is 0 Å². The van der Waals surface area contributed by atoms with E-state index in [1.807, 2.05) is 28.7 Å². The summed E-state index contributed by atoms with van der Waals surface area (Å²) in [7, 11) is 0. The Labute approximate surface area is 139 Å². The van der Waals surface area contributed by atoms with Gasteiger partial charge < -0.3 is 10.4 Å². The van der Waals surface area contributed by atoms with Gasteiger partial charge in [0, 0.05) is 13.6 Å². The average Bonchev–Trinajstić information content (AvgIpc) is 2.32. The van der Waals surface area contributed by atoms with Gasteiger partial charge in [-0.2, -0.15) is 0 Å². The Kier molecular flexibility index (Phi) is 7.05. The van der Waals surface area contributed by atoms with E-state index in [1.165, 1.54) is 0 Å². The van der Waals surface area contributed by atoms with Gasteiger partial charge in [0.25, 0.3) is 0 Å². The molecule has 1 aromatic carbocycles. The molecule has 0 atom stereocenters. The summed E-state index contributed by atoms with van der Waals surface area (Å²) in [5.41, 5.74) is 0.537. The number of nitrogens with one attached hydrogen (secondary N) is 1. The first kappa shape index (κ1) is 16.7. The topological polar surface area (TPSA) is 66.4 Å². The Balaban J connectivity index is 2.88. The van der Waals surface area contributed by atoms with Crippen LogP contribution in [0.5, 0.6) is 0 Å². The highest BCUT2D eigenvalue weighted by atomic mass is 127. The second-order valence-electron chi connectivity index (χ2n) is 4.12. The smallest absolute Gasteiger partial charge is 0.337 e. The van der Waals surface area contributed by atoms with Crippen LogP contribution < -0.4 is 5.32 Å². The number of unbranched alkanes of at least 4 members (excludes halogenated alkanes) is 2. The van der Waals surface area contributed by atoms with Crippen molar-refractivity contribution in [2.75, 3.05) is 5.32 Å². The lowest BCUT2D eigenvalue weighted by atomic mass is 10.1. The Morgan fingerprint density at radius 3 is 2.53 bits per heavy atom. The van der Waals surface area contributed by atoms with Crippen LogP contribution >= 0.6 is 45.2 Å². The third kappa shape index (κ3) is 5.25. The molecule has 0 aromatic heterocycles. The van der Waals surface area contributed by atoms with Crippen LogP contribution in [0.4, 0.5) is 5.69 Å². The quantitative estimate of drug-likeness (QED) is 0.469. The molecule has 1 aromatic rings. The van der Waals surface area contributed by atoms with Crippen LogP contribution in [-0.4, -0.2) is 17.0 Å². The molecule has 19 heavy (non-hydrogen) atoms. The van der Waals surface area contributed by atoms with E-state index in [1.54, 1.807) is 6.07 Å². The van der Waals surface area contributed by atoms with Crippen molar-refractivity contribution in [3.63, 3.8) is 0 Å². The number of carbonyl (C=O) groups is 2. The molecule has 0 heterocycles. The predicted molar refractivity (Wildman–Crippen MR) is 91.6 cm³/mol. The largest absolute Gasteiger partial charge is 0.478 e. The summed E-state index contributed by atoms with van der Waals surface area (Å²) in [6.45, 7) is 2.07. The van der Waals surface area contributed by atoms with Gasteiger partial charge in [0.2, 0.25) is 5.91 Å². The molecule has 1 amide bonds. The van der Waals surface area contributed by atoms with Crippen LogP contribution in [0.15, 0.2) is 12.1 Å². The number of carbonyl (C=O) groups excluding carboxylic acids is 1. The van der Waals surface area contributed by atoms with Crippen molar-refractivity contribution in [1.29, 1.82) is 0 Å². The minimum atomic E-state index is -1.03. The maximum atomic E-state index is 11.8. The zero-order valence-corrected chi connectivity index (χ0v) is 14.8. The molecule has 1 rings (SSSR count). The predicted octanol–water partition coefficient (Wildman–Crippen LogP) is 4.11. The summed E-state index contributed by atoms with van der Waals surface area (Å²) in [5, 5.41) is 11.9. The van der Waals surface area contributed by atoms with E-state index in [2.05, 4.69) is 34.8 Å². The number of carboxylic acid groups (broad SMARTS) is 1. The highest BCUT2D eigenvalue weighted by Crippen LogP contribution is 2.26. The zero-order chi connectivity index (χ0) is 14.4. The van der Waals surface area contributed by atoms with Crippen molar-refractivity contribution in [3.8, 4) is 0 Å². The Hall–Kier alpha value is -0.380.